The van der Waals surface area contributed by atoms with Crippen LogP contribution in [0.15, 0.2) is 35.2 Å². The molecule has 0 spiro atoms. The average molecular weight is 389 g/mol. The van der Waals surface area contributed by atoms with Crippen LogP contribution in [-0.4, -0.2) is 15.0 Å². The van der Waals surface area contributed by atoms with Gasteiger partial charge in [-0.2, -0.15) is 0 Å². The Kier molecular flexibility index (Phi) is 4.75. The number of aryl methyl sites for hydroxylation is 1. The number of hydrogen-bond acceptors (Lipinski definition) is 3. The van der Waals surface area contributed by atoms with Crippen LogP contribution < -0.4 is 10.0 Å². The van der Waals surface area contributed by atoms with E-state index in [1.54, 1.807) is 12.1 Å². The van der Waals surface area contributed by atoms with Crippen LogP contribution in [0.25, 0.3) is 0 Å². The van der Waals surface area contributed by atoms with E-state index in [-0.39, 0.29) is 14.9 Å². The summed E-state index contributed by atoms with van der Waals surface area (Å²) in [6.07, 6.45) is 1.43. The number of nitrogens with zero attached hydrogens (tertiary/aromatic N) is 1. The van der Waals surface area contributed by atoms with E-state index in [0.717, 1.165) is 29.7 Å². The van der Waals surface area contributed by atoms with Crippen molar-refractivity contribution in [3.8, 4) is 0 Å². The topological polar surface area (TPSA) is 63.4 Å². The van der Waals surface area contributed by atoms with Gasteiger partial charge in [-0.3, -0.25) is 4.31 Å². The normalized spacial score (nSPS) is 14.6. The summed E-state index contributed by atoms with van der Waals surface area (Å²) >= 11 is 11.9. The van der Waals surface area contributed by atoms with E-state index in [2.05, 4.69) is 0 Å². The van der Waals surface area contributed by atoms with E-state index in [4.69, 9.17) is 28.9 Å². The van der Waals surface area contributed by atoms with E-state index < -0.39 is 15.8 Å². The lowest BCUT2D eigenvalue weighted by Gasteiger charge is -2.31. The molecule has 8 heteroatoms. The molecule has 1 aliphatic rings. The van der Waals surface area contributed by atoms with Crippen molar-refractivity contribution in [2.75, 3.05) is 10.8 Å². The Balaban J connectivity index is 2.14. The van der Waals surface area contributed by atoms with Crippen LogP contribution in [0.1, 0.15) is 17.5 Å². The summed E-state index contributed by atoms with van der Waals surface area (Å²) in [5.41, 5.74) is 8.07. The van der Waals surface area contributed by atoms with Crippen LogP contribution in [0, 0.1) is 5.82 Å². The Hall–Kier alpha value is -1.34. The molecule has 0 bridgehead atoms. The largest absolute Gasteiger partial charge is 0.326 e. The van der Waals surface area contributed by atoms with Crippen LogP contribution >= 0.6 is 23.2 Å². The third-order valence-electron chi connectivity index (χ3n) is 3.97. The monoisotopic (exact) mass is 388 g/mol. The summed E-state index contributed by atoms with van der Waals surface area (Å²) in [7, 11) is -4.00. The number of nitrogens with two attached hydrogens (primary N) is 1. The lowest BCUT2D eigenvalue weighted by molar-refractivity contribution is 0.585. The van der Waals surface area contributed by atoms with Crippen molar-refractivity contribution in [1.82, 2.24) is 0 Å². The van der Waals surface area contributed by atoms with Crippen molar-refractivity contribution in [2.45, 2.75) is 24.3 Å². The SMILES string of the molecule is NCc1ccc2c(c1)CCCN2S(=O)(=O)c1c(Cl)cc(F)cc1Cl. The van der Waals surface area contributed by atoms with Crippen LogP contribution in [0.3, 0.4) is 0 Å². The van der Waals surface area contributed by atoms with Gasteiger partial charge >= 0.3 is 0 Å². The third-order valence-corrected chi connectivity index (χ3v) is 6.70. The fourth-order valence-corrected chi connectivity index (χ4v) is 5.56. The highest BCUT2D eigenvalue weighted by atomic mass is 35.5. The lowest BCUT2D eigenvalue weighted by Crippen LogP contribution is -2.36. The second kappa shape index (κ2) is 6.52. The summed E-state index contributed by atoms with van der Waals surface area (Å²) in [6.45, 7) is 0.691. The number of anilines is 1. The van der Waals surface area contributed by atoms with Crippen molar-refractivity contribution in [1.29, 1.82) is 0 Å². The average Bonchev–Trinajstić information content (AvgIpc) is 2.52. The molecular formula is C16H15Cl2FN2O2S. The predicted molar refractivity (Wildman–Crippen MR) is 93.6 cm³/mol. The Bertz CT molecular complexity index is 880. The number of rotatable bonds is 3. The number of fused-ring (bicyclic) bond motifs is 1. The minimum atomic E-state index is -4.00. The maximum atomic E-state index is 13.4. The molecule has 3 rings (SSSR count). The van der Waals surface area contributed by atoms with Gasteiger partial charge < -0.3 is 5.73 Å². The summed E-state index contributed by atoms with van der Waals surface area (Å²) < 4.78 is 40.8. The first-order chi connectivity index (χ1) is 11.3. The Morgan fingerprint density at radius 1 is 1.17 bits per heavy atom. The van der Waals surface area contributed by atoms with Gasteiger partial charge in [-0.15, -0.1) is 0 Å². The maximum Gasteiger partial charge on any atom is 0.267 e. The van der Waals surface area contributed by atoms with Crippen molar-refractivity contribution in [2.24, 2.45) is 5.73 Å². The van der Waals surface area contributed by atoms with Gasteiger partial charge in [-0.05, 0) is 42.2 Å². The van der Waals surface area contributed by atoms with Gasteiger partial charge in [-0.1, -0.05) is 35.3 Å². The molecule has 0 radical (unpaired) electrons. The van der Waals surface area contributed by atoms with Crippen LogP contribution in [0.5, 0.6) is 0 Å². The summed E-state index contributed by atoms with van der Waals surface area (Å²) in [4.78, 5) is -0.275. The standard InChI is InChI=1S/C16H15Cl2FN2O2S/c17-13-7-12(19)8-14(18)16(13)24(22,23)21-5-1-2-11-6-10(9-20)3-4-15(11)21/h3-4,6-8H,1-2,5,9,20H2. The van der Waals surface area contributed by atoms with E-state index in [1.807, 2.05) is 6.07 Å². The van der Waals surface area contributed by atoms with Gasteiger partial charge in [0.25, 0.3) is 10.0 Å². The highest BCUT2D eigenvalue weighted by molar-refractivity contribution is 7.93. The number of sulfonamides is 1. The molecule has 0 fully saturated rings. The fraction of sp³-hybridized carbons (Fsp3) is 0.250. The molecule has 0 saturated heterocycles. The van der Waals surface area contributed by atoms with Crippen molar-refractivity contribution in [3.63, 3.8) is 0 Å². The zero-order chi connectivity index (χ0) is 17.5. The van der Waals surface area contributed by atoms with Crippen LogP contribution in [-0.2, 0) is 23.0 Å². The number of halogens is 3. The van der Waals surface area contributed by atoms with Gasteiger partial charge in [0, 0.05) is 13.1 Å². The minimum Gasteiger partial charge on any atom is -0.326 e. The minimum absolute atomic E-state index is 0.231. The highest BCUT2D eigenvalue weighted by Crippen LogP contribution is 2.37. The van der Waals surface area contributed by atoms with Crippen LogP contribution in [0.4, 0.5) is 10.1 Å². The molecular weight excluding hydrogens is 374 g/mol. The molecule has 1 aliphatic heterocycles. The summed E-state index contributed by atoms with van der Waals surface area (Å²) in [6, 6.07) is 7.33. The number of hydrogen-bond donors (Lipinski definition) is 1. The summed E-state index contributed by atoms with van der Waals surface area (Å²) in [5.74, 6) is -0.685. The molecule has 1 heterocycles. The molecule has 0 aromatic heterocycles. The Morgan fingerprint density at radius 2 is 1.83 bits per heavy atom. The van der Waals surface area contributed by atoms with E-state index in [0.29, 0.717) is 25.2 Å². The first-order valence-electron chi connectivity index (χ1n) is 7.33. The van der Waals surface area contributed by atoms with Gasteiger partial charge in [0.05, 0.1) is 15.7 Å². The van der Waals surface area contributed by atoms with E-state index in [9.17, 15) is 12.8 Å². The molecule has 128 valence electrons. The molecule has 0 amide bonds. The van der Waals surface area contributed by atoms with Crippen LogP contribution in [0.2, 0.25) is 10.0 Å². The third kappa shape index (κ3) is 2.99. The molecule has 0 saturated carbocycles. The molecule has 2 aromatic rings. The maximum absolute atomic E-state index is 13.4. The fourth-order valence-electron chi connectivity index (χ4n) is 2.88. The molecule has 0 unspecified atom stereocenters. The second-order valence-electron chi connectivity index (χ2n) is 5.55. The number of benzene rings is 2. The van der Waals surface area contributed by atoms with Crippen molar-refractivity contribution < 1.29 is 12.8 Å². The molecule has 4 nitrogen and oxygen atoms in total. The van der Waals surface area contributed by atoms with E-state index in [1.165, 1.54) is 4.31 Å². The van der Waals surface area contributed by atoms with Gasteiger partial charge in [0.2, 0.25) is 0 Å². The second-order valence-corrected chi connectivity index (χ2v) is 8.16. The Labute approximate surface area is 150 Å². The van der Waals surface area contributed by atoms with Gasteiger partial charge in [0.15, 0.2) is 0 Å². The molecule has 0 atom stereocenters. The lowest BCUT2D eigenvalue weighted by atomic mass is 10.0. The molecule has 2 aromatic carbocycles. The summed E-state index contributed by atoms with van der Waals surface area (Å²) in [5, 5.41) is -0.462. The quantitative estimate of drug-likeness (QED) is 0.870. The first-order valence-corrected chi connectivity index (χ1v) is 9.53. The molecule has 24 heavy (non-hydrogen) atoms. The Morgan fingerprint density at radius 3 is 2.46 bits per heavy atom. The zero-order valence-corrected chi connectivity index (χ0v) is 14.9. The van der Waals surface area contributed by atoms with E-state index >= 15 is 0 Å². The van der Waals surface area contributed by atoms with Gasteiger partial charge in [0.1, 0.15) is 10.7 Å². The van der Waals surface area contributed by atoms with Gasteiger partial charge in [-0.25, -0.2) is 12.8 Å². The van der Waals surface area contributed by atoms with Crippen molar-refractivity contribution in [3.05, 3.63) is 57.3 Å². The molecule has 2 N–H and O–H groups in total. The predicted octanol–water partition coefficient (Wildman–Crippen LogP) is 3.73. The first kappa shape index (κ1) is 17.5. The zero-order valence-electron chi connectivity index (χ0n) is 12.6. The molecule has 0 aliphatic carbocycles. The highest BCUT2D eigenvalue weighted by Gasteiger charge is 2.33. The smallest absolute Gasteiger partial charge is 0.267 e. The van der Waals surface area contributed by atoms with Crippen molar-refractivity contribution >= 4 is 38.9 Å².